The van der Waals surface area contributed by atoms with Crippen LogP contribution in [-0.4, -0.2) is 75.6 Å². The summed E-state index contributed by atoms with van der Waals surface area (Å²) < 4.78 is 6.23. The second kappa shape index (κ2) is 11.0. The molecule has 0 spiro atoms. The molecule has 0 radical (unpaired) electrons. The molecule has 1 N–H and O–H groups in total. The number of aromatic nitrogens is 2. The van der Waals surface area contributed by atoms with E-state index in [0.29, 0.717) is 24.3 Å². The molecule has 0 aromatic carbocycles. The predicted octanol–water partition coefficient (Wildman–Crippen LogP) is 2.43. The highest BCUT2D eigenvalue weighted by molar-refractivity contribution is 5.97. The number of carbonyl (C=O) groups is 2. The van der Waals surface area contributed by atoms with Crippen molar-refractivity contribution in [2.45, 2.75) is 39.3 Å². The molecule has 1 aliphatic rings. The Labute approximate surface area is 194 Å². The zero-order valence-electron chi connectivity index (χ0n) is 19.6. The van der Waals surface area contributed by atoms with E-state index in [1.54, 1.807) is 35.3 Å². The van der Waals surface area contributed by atoms with Crippen molar-refractivity contribution in [3.8, 4) is 5.88 Å². The topological polar surface area (TPSA) is 95.9 Å². The number of carbonyl (C=O) groups excluding carboxylic acids is 2. The van der Waals surface area contributed by atoms with Crippen LogP contribution in [-0.2, 0) is 11.2 Å². The maximum absolute atomic E-state index is 13.3. The first-order valence-electron chi connectivity index (χ1n) is 11.2. The number of nitrogens with zero attached hydrogens (tertiary/aromatic N) is 4. The highest BCUT2D eigenvalue weighted by Gasteiger charge is 2.34. The Balaban J connectivity index is 1.87. The van der Waals surface area contributed by atoms with Crippen molar-refractivity contribution in [3.63, 3.8) is 0 Å². The summed E-state index contributed by atoms with van der Waals surface area (Å²) in [6.45, 7) is 6.26. The molecule has 3 atom stereocenters. The van der Waals surface area contributed by atoms with Gasteiger partial charge in [-0.15, -0.1) is 0 Å². The Morgan fingerprint density at radius 2 is 2.18 bits per heavy atom. The van der Waals surface area contributed by atoms with Crippen molar-refractivity contribution in [3.05, 3.63) is 59.6 Å². The van der Waals surface area contributed by atoms with Crippen LogP contribution in [0.3, 0.4) is 0 Å². The van der Waals surface area contributed by atoms with Crippen molar-refractivity contribution in [2.75, 3.05) is 26.7 Å². The summed E-state index contributed by atoms with van der Waals surface area (Å²) in [7, 11) is 1.74. The van der Waals surface area contributed by atoms with Gasteiger partial charge in [0.05, 0.1) is 25.6 Å². The van der Waals surface area contributed by atoms with Gasteiger partial charge < -0.3 is 19.6 Å². The maximum atomic E-state index is 13.3. The summed E-state index contributed by atoms with van der Waals surface area (Å²) in [5.41, 5.74) is 1.85. The summed E-state index contributed by atoms with van der Waals surface area (Å²) in [5, 5.41) is 9.75. The summed E-state index contributed by atoms with van der Waals surface area (Å²) in [6.07, 6.45) is 6.88. The van der Waals surface area contributed by atoms with Gasteiger partial charge in [0.15, 0.2) is 0 Å². The lowest BCUT2D eigenvalue weighted by molar-refractivity contribution is -0.130. The second-order valence-corrected chi connectivity index (χ2v) is 8.52. The largest absolute Gasteiger partial charge is 0.472 e. The van der Waals surface area contributed by atoms with Crippen molar-refractivity contribution < 1.29 is 19.4 Å². The molecule has 8 heteroatoms. The number of amides is 2. The third-order valence-electron chi connectivity index (χ3n) is 5.84. The number of rotatable bonds is 7. The van der Waals surface area contributed by atoms with E-state index in [-0.39, 0.29) is 48.8 Å². The van der Waals surface area contributed by atoms with Crippen LogP contribution in [0, 0.1) is 5.92 Å². The molecular weight excluding hydrogens is 420 g/mol. The van der Waals surface area contributed by atoms with E-state index in [1.807, 2.05) is 51.1 Å². The van der Waals surface area contributed by atoms with Crippen LogP contribution in [0.5, 0.6) is 5.88 Å². The fourth-order valence-corrected chi connectivity index (χ4v) is 3.78. The first kappa shape index (κ1) is 24.4. The molecule has 0 aliphatic carbocycles. The van der Waals surface area contributed by atoms with E-state index in [1.165, 1.54) is 0 Å². The fraction of sp³-hybridized carbons (Fsp3) is 0.440. The number of aliphatic hydroxyl groups is 1. The smallest absolute Gasteiger partial charge is 0.259 e. The lowest BCUT2D eigenvalue weighted by atomic mass is 9.99. The van der Waals surface area contributed by atoms with E-state index in [0.717, 1.165) is 5.56 Å². The Kier molecular flexibility index (Phi) is 8.16. The van der Waals surface area contributed by atoms with E-state index in [4.69, 9.17) is 4.74 Å². The van der Waals surface area contributed by atoms with Crippen LogP contribution in [0.2, 0.25) is 0 Å². The minimum atomic E-state index is -0.386. The zero-order valence-corrected chi connectivity index (χ0v) is 19.6. The van der Waals surface area contributed by atoms with Gasteiger partial charge in [-0.05, 0) is 37.6 Å². The maximum Gasteiger partial charge on any atom is 0.259 e. The highest BCUT2D eigenvalue weighted by Crippen LogP contribution is 2.27. The first-order valence-corrected chi connectivity index (χ1v) is 11.2. The van der Waals surface area contributed by atoms with Crippen molar-refractivity contribution in [1.29, 1.82) is 0 Å². The number of fused-ring (bicyclic) bond motifs is 1. The van der Waals surface area contributed by atoms with Gasteiger partial charge in [0.1, 0.15) is 11.7 Å². The van der Waals surface area contributed by atoms with Gasteiger partial charge in [-0.2, -0.15) is 0 Å². The molecule has 2 aromatic rings. The molecular formula is C25H32N4O4. The Hall–Kier alpha value is -3.26. The average molecular weight is 453 g/mol. The van der Waals surface area contributed by atoms with E-state index < -0.39 is 0 Å². The molecule has 1 aliphatic heterocycles. The Bertz CT molecular complexity index is 995. The quantitative estimate of drug-likeness (QED) is 0.693. The van der Waals surface area contributed by atoms with E-state index in [2.05, 4.69) is 9.97 Å². The normalized spacial score (nSPS) is 19.4. The van der Waals surface area contributed by atoms with Gasteiger partial charge in [-0.1, -0.05) is 25.1 Å². The molecule has 0 saturated heterocycles. The predicted molar refractivity (Wildman–Crippen MR) is 126 cm³/mol. The van der Waals surface area contributed by atoms with Gasteiger partial charge in [0, 0.05) is 37.6 Å². The van der Waals surface area contributed by atoms with Crippen LogP contribution in [0.25, 0.3) is 6.08 Å². The molecule has 3 heterocycles. The number of pyridine rings is 2. The third-order valence-corrected chi connectivity index (χ3v) is 5.84. The van der Waals surface area contributed by atoms with Crippen molar-refractivity contribution in [2.24, 2.45) is 5.92 Å². The van der Waals surface area contributed by atoms with Gasteiger partial charge in [-0.3, -0.25) is 14.6 Å². The number of likely N-dealkylation sites (N-methyl/N-ethyl adjacent to an activating group) is 1. The molecule has 0 saturated carbocycles. The van der Waals surface area contributed by atoms with Crippen LogP contribution < -0.4 is 4.74 Å². The van der Waals surface area contributed by atoms with Gasteiger partial charge in [-0.25, -0.2) is 4.98 Å². The molecule has 176 valence electrons. The SMILES string of the molecule is CC=Cc1cnc2c(c1)C(=O)N([C@H](C)CO)C[C@H](C)[C@@H](CN(C)C(=O)Cc1ccccn1)O2. The summed E-state index contributed by atoms with van der Waals surface area (Å²) in [6, 6.07) is 6.89. The Morgan fingerprint density at radius 3 is 2.85 bits per heavy atom. The third kappa shape index (κ3) is 5.96. The number of allylic oxidation sites excluding steroid dienone is 1. The molecule has 2 amide bonds. The van der Waals surface area contributed by atoms with Crippen LogP contribution in [0.15, 0.2) is 42.7 Å². The van der Waals surface area contributed by atoms with Gasteiger partial charge in [0.2, 0.25) is 11.8 Å². The zero-order chi connectivity index (χ0) is 24.0. The van der Waals surface area contributed by atoms with Crippen LogP contribution >= 0.6 is 0 Å². The van der Waals surface area contributed by atoms with Crippen LogP contribution in [0.4, 0.5) is 0 Å². The molecule has 2 aromatic heterocycles. The van der Waals surface area contributed by atoms with Crippen molar-refractivity contribution in [1.82, 2.24) is 19.8 Å². The number of ether oxygens (including phenoxy) is 1. The lowest BCUT2D eigenvalue weighted by Crippen LogP contribution is -2.50. The fourth-order valence-electron chi connectivity index (χ4n) is 3.78. The molecule has 3 rings (SSSR count). The standard InChI is InChI=1S/C25H32N4O4/c1-5-8-19-11-21-24(27-13-19)33-22(17(2)14-29(25(21)32)18(3)16-30)15-28(4)23(31)12-20-9-6-7-10-26-20/h5-11,13,17-18,22,30H,12,14-16H2,1-4H3/t17-,18+,22+/m0/s1. The van der Waals surface area contributed by atoms with Crippen LogP contribution in [0.1, 0.15) is 42.4 Å². The average Bonchev–Trinajstić information content (AvgIpc) is 2.82. The summed E-state index contributed by atoms with van der Waals surface area (Å²) in [4.78, 5) is 38.1. The Morgan fingerprint density at radius 1 is 1.39 bits per heavy atom. The summed E-state index contributed by atoms with van der Waals surface area (Å²) in [5.74, 6) is -0.154. The first-order chi connectivity index (χ1) is 15.8. The lowest BCUT2D eigenvalue weighted by Gasteiger charge is -2.37. The van der Waals surface area contributed by atoms with Gasteiger partial charge >= 0.3 is 0 Å². The van der Waals surface area contributed by atoms with E-state index >= 15 is 0 Å². The highest BCUT2D eigenvalue weighted by atomic mass is 16.5. The molecule has 0 bridgehead atoms. The number of hydrogen-bond donors (Lipinski definition) is 1. The molecule has 33 heavy (non-hydrogen) atoms. The molecule has 0 unspecified atom stereocenters. The van der Waals surface area contributed by atoms with Gasteiger partial charge in [0.25, 0.3) is 5.91 Å². The molecule has 8 nitrogen and oxygen atoms in total. The van der Waals surface area contributed by atoms with Crippen molar-refractivity contribution >= 4 is 17.9 Å². The van der Waals surface area contributed by atoms with E-state index in [9.17, 15) is 14.7 Å². The number of aliphatic hydroxyl groups excluding tert-OH is 1. The number of hydrogen-bond acceptors (Lipinski definition) is 6. The second-order valence-electron chi connectivity index (χ2n) is 8.52. The molecule has 0 fully saturated rings. The minimum Gasteiger partial charge on any atom is -0.472 e. The minimum absolute atomic E-state index is 0.0696. The monoisotopic (exact) mass is 452 g/mol. The summed E-state index contributed by atoms with van der Waals surface area (Å²) >= 11 is 0.